The fraction of sp³-hybridized carbons (Fsp3) is 0.538. The quantitative estimate of drug-likeness (QED) is 0.712. The smallest absolute Gasteiger partial charge is 0.371 e. The summed E-state index contributed by atoms with van der Waals surface area (Å²) < 4.78 is 41.1. The molecule has 0 N–H and O–H groups in total. The Kier molecular flexibility index (Phi) is 5.96. The number of hydrogen-bond acceptors (Lipinski definition) is 1. The van der Waals surface area contributed by atoms with Crippen LogP contribution < -0.4 is 0 Å². The van der Waals surface area contributed by atoms with E-state index in [9.17, 15) is 13.2 Å². The normalized spacial score (nSPS) is 12.7. The number of alkyl halides is 5. The van der Waals surface area contributed by atoms with Gasteiger partial charge in [-0.25, -0.2) is 0 Å². The van der Waals surface area contributed by atoms with E-state index in [0.717, 1.165) is 11.1 Å². The first-order chi connectivity index (χ1) is 8.83. The molecule has 0 fully saturated rings. The summed E-state index contributed by atoms with van der Waals surface area (Å²) in [6, 6.07) is 7.38. The third-order valence-corrected chi connectivity index (χ3v) is 3.81. The minimum absolute atomic E-state index is 0.0951. The molecule has 1 aromatic rings. The Morgan fingerprint density at radius 1 is 1.11 bits per heavy atom. The van der Waals surface area contributed by atoms with Crippen molar-refractivity contribution in [2.24, 2.45) is 0 Å². The van der Waals surface area contributed by atoms with Gasteiger partial charge in [-0.2, -0.15) is 13.2 Å². The van der Waals surface area contributed by atoms with Crippen molar-refractivity contribution in [2.45, 2.75) is 18.5 Å². The molecule has 0 atom stereocenters. The van der Waals surface area contributed by atoms with Gasteiger partial charge in [0.15, 0.2) is 0 Å². The Labute approximate surface area is 120 Å². The van der Waals surface area contributed by atoms with Crippen molar-refractivity contribution in [1.29, 1.82) is 0 Å². The van der Waals surface area contributed by atoms with Crippen LogP contribution in [0, 0.1) is 6.92 Å². The van der Waals surface area contributed by atoms with Crippen LogP contribution in [0.4, 0.5) is 13.2 Å². The minimum Gasteiger partial charge on any atom is -0.371 e. The maximum absolute atomic E-state index is 12.1. The van der Waals surface area contributed by atoms with Crippen molar-refractivity contribution in [3.63, 3.8) is 0 Å². The molecule has 1 nitrogen and oxygen atoms in total. The first-order valence-corrected chi connectivity index (χ1v) is 6.73. The standard InChI is InChI=1S/C13H15Cl2F3O/c1-10-3-2-4-11(5-10)12(6-14,7-15)8-19-9-13(16,17)18/h2-5H,6-9H2,1H3. The van der Waals surface area contributed by atoms with Crippen LogP contribution in [0.2, 0.25) is 0 Å². The summed E-state index contributed by atoms with van der Waals surface area (Å²) in [5.41, 5.74) is 0.980. The highest BCUT2D eigenvalue weighted by Crippen LogP contribution is 2.29. The van der Waals surface area contributed by atoms with Gasteiger partial charge in [-0.1, -0.05) is 29.8 Å². The minimum atomic E-state index is -4.35. The lowest BCUT2D eigenvalue weighted by Gasteiger charge is -2.30. The van der Waals surface area contributed by atoms with Crippen LogP contribution in [-0.4, -0.2) is 31.2 Å². The second-order valence-electron chi connectivity index (χ2n) is 4.53. The van der Waals surface area contributed by atoms with Gasteiger partial charge in [0.05, 0.1) is 6.61 Å². The zero-order valence-electron chi connectivity index (χ0n) is 10.4. The summed E-state index contributed by atoms with van der Waals surface area (Å²) in [6.45, 7) is 0.435. The van der Waals surface area contributed by atoms with E-state index in [-0.39, 0.29) is 18.4 Å². The van der Waals surface area contributed by atoms with Gasteiger partial charge in [0, 0.05) is 17.2 Å². The molecule has 0 saturated heterocycles. The number of aryl methyl sites for hydroxylation is 1. The van der Waals surface area contributed by atoms with Gasteiger partial charge in [-0.05, 0) is 12.5 Å². The van der Waals surface area contributed by atoms with E-state index in [1.54, 1.807) is 6.07 Å². The molecule has 0 aromatic heterocycles. The summed E-state index contributed by atoms with van der Waals surface area (Å²) in [5, 5.41) is 0. The molecular formula is C13H15Cl2F3O. The monoisotopic (exact) mass is 314 g/mol. The summed E-state index contributed by atoms with van der Waals surface area (Å²) in [6.07, 6.45) is -4.35. The lowest BCUT2D eigenvalue weighted by molar-refractivity contribution is -0.176. The molecule has 0 saturated carbocycles. The predicted octanol–water partition coefficient (Wildman–Crippen LogP) is 4.29. The molecule has 1 rings (SSSR count). The zero-order valence-corrected chi connectivity index (χ0v) is 11.9. The van der Waals surface area contributed by atoms with E-state index in [1.165, 1.54) is 0 Å². The lowest BCUT2D eigenvalue weighted by Crippen LogP contribution is -2.37. The van der Waals surface area contributed by atoms with Gasteiger partial charge >= 0.3 is 6.18 Å². The van der Waals surface area contributed by atoms with Crippen molar-refractivity contribution in [2.75, 3.05) is 25.0 Å². The maximum Gasteiger partial charge on any atom is 0.411 e. The van der Waals surface area contributed by atoms with Gasteiger partial charge < -0.3 is 4.74 Å². The van der Waals surface area contributed by atoms with Crippen molar-refractivity contribution >= 4 is 23.2 Å². The first-order valence-electron chi connectivity index (χ1n) is 5.66. The van der Waals surface area contributed by atoms with Crippen LogP contribution in [-0.2, 0) is 10.2 Å². The highest BCUT2D eigenvalue weighted by molar-refractivity contribution is 6.22. The highest BCUT2D eigenvalue weighted by Gasteiger charge is 2.34. The average Bonchev–Trinajstić information content (AvgIpc) is 2.34. The SMILES string of the molecule is Cc1cccc(C(CCl)(CCl)COCC(F)(F)F)c1. The fourth-order valence-corrected chi connectivity index (χ4v) is 2.44. The molecular weight excluding hydrogens is 300 g/mol. The molecule has 0 aliphatic heterocycles. The molecule has 19 heavy (non-hydrogen) atoms. The number of hydrogen-bond donors (Lipinski definition) is 0. The number of halogens is 5. The number of ether oxygens (including phenoxy) is 1. The highest BCUT2D eigenvalue weighted by atomic mass is 35.5. The maximum atomic E-state index is 12.1. The average molecular weight is 315 g/mol. The lowest BCUT2D eigenvalue weighted by atomic mass is 9.84. The van der Waals surface area contributed by atoms with E-state index in [1.807, 2.05) is 25.1 Å². The third-order valence-electron chi connectivity index (χ3n) is 2.79. The van der Waals surface area contributed by atoms with E-state index in [4.69, 9.17) is 27.9 Å². The molecule has 0 aliphatic rings. The van der Waals surface area contributed by atoms with Crippen molar-refractivity contribution in [3.8, 4) is 0 Å². The van der Waals surface area contributed by atoms with Crippen molar-refractivity contribution in [3.05, 3.63) is 35.4 Å². The van der Waals surface area contributed by atoms with Gasteiger partial charge in [0.1, 0.15) is 6.61 Å². The molecule has 0 unspecified atom stereocenters. The van der Waals surface area contributed by atoms with E-state index in [2.05, 4.69) is 0 Å². The molecule has 0 heterocycles. The van der Waals surface area contributed by atoms with Crippen LogP contribution in [0.25, 0.3) is 0 Å². The van der Waals surface area contributed by atoms with Gasteiger partial charge in [0.2, 0.25) is 0 Å². The Balaban J connectivity index is 2.85. The Morgan fingerprint density at radius 3 is 2.21 bits per heavy atom. The Hall–Kier alpha value is -0.450. The molecule has 6 heteroatoms. The summed E-state index contributed by atoms with van der Waals surface area (Å²) in [5.74, 6) is 0.190. The summed E-state index contributed by atoms with van der Waals surface area (Å²) >= 11 is 11.8. The molecule has 0 bridgehead atoms. The second kappa shape index (κ2) is 6.82. The zero-order chi connectivity index (χ0) is 14.5. The molecule has 0 spiro atoms. The fourth-order valence-electron chi connectivity index (χ4n) is 1.69. The van der Waals surface area contributed by atoms with Crippen molar-refractivity contribution in [1.82, 2.24) is 0 Å². The van der Waals surface area contributed by atoms with E-state index < -0.39 is 18.2 Å². The molecule has 108 valence electrons. The van der Waals surface area contributed by atoms with Gasteiger partial charge in [0.25, 0.3) is 0 Å². The first kappa shape index (κ1) is 16.6. The Bertz CT molecular complexity index is 403. The number of benzene rings is 1. The van der Waals surface area contributed by atoms with Crippen LogP contribution in [0.15, 0.2) is 24.3 Å². The third kappa shape index (κ3) is 4.86. The van der Waals surface area contributed by atoms with Crippen LogP contribution in [0.1, 0.15) is 11.1 Å². The summed E-state index contributed by atoms with van der Waals surface area (Å²) in [7, 11) is 0. The van der Waals surface area contributed by atoms with Crippen LogP contribution >= 0.6 is 23.2 Å². The molecule has 0 amide bonds. The number of rotatable bonds is 6. The van der Waals surface area contributed by atoms with E-state index in [0.29, 0.717) is 0 Å². The Morgan fingerprint density at radius 2 is 1.74 bits per heavy atom. The largest absolute Gasteiger partial charge is 0.411 e. The van der Waals surface area contributed by atoms with E-state index >= 15 is 0 Å². The molecule has 0 radical (unpaired) electrons. The molecule has 0 aliphatic carbocycles. The molecule has 1 aromatic carbocycles. The predicted molar refractivity (Wildman–Crippen MR) is 71.2 cm³/mol. The van der Waals surface area contributed by atoms with Gasteiger partial charge in [-0.3, -0.25) is 0 Å². The van der Waals surface area contributed by atoms with Crippen LogP contribution in [0.5, 0.6) is 0 Å². The van der Waals surface area contributed by atoms with Gasteiger partial charge in [-0.15, -0.1) is 23.2 Å². The van der Waals surface area contributed by atoms with Crippen LogP contribution in [0.3, 0.4) is 0 Å². The topological polar surface area (TPSA) is 9.23 Å². The second-order valence-corrected chi connectivity index (χ2v) is 5.06. The summed E-state index contributed by atoms with van der Waals surface area (Å²) in [4.78, 5) is 0. The van der Waals surface area contributed by atoms with Crippen molar-refractivity contribution < 1.29 is 17.9 Å².